The van der Waals surface area contributed by atoms with E-state index in [2.05, 4.69) is 31.0 Å². The lowest BCUT2D eigenvalue weighted by atomic mass is 10.1. The molecular weight excluding hydrogens is 342 g/mol. The van der Waals surface area contributed by atoms with Gasteiger partial charge in [-0.05, 0) is 41.1 Å². The van der Waals surface area contributed by atoms with Crippen molar-refractivity contribution in [3.63, 3.8) is 0 Å². The number of rotatable bonds is 6. The van der Waals surface area contributed by atoms with Gasteiger partial charge < -0.3 is 10.1 Å². The third-order valence-corrected chi connectivity index (χ3v) is 3.41. The lowest BCUT2D eigenvalue weighted by Gasteiger charge is -2.18. The van der Waals surface area contributed by atoms with Crippen molar-refractivity contribution < 1.29 is 13.5 Å². The van der Waals surface area contributed by atoms with E-state index in [1.54, 1.807) is 18.2 Å². The molecule has 0 saturated heterocycles. The number of nitrogens with zero attached hydrogens (tertiary/aromatic N) is 1. The zero-order valence-electron chi connectivity index (χ0n) is 11.4. The number of hydrogen-bond acceptors (Lipinski definition) is 3. The maximum Gasteiger partial charge on any atom is 0.387 e. The zero-order chi connectivity index (χ0) is 15.2. The van der Waals surface area contributed by atoms with E-state index in [0.29, 0.717) is 12.1 Å². The Morgan fingerprint density at radius 1 is 1.19 bits per heavy atom. The van der Waals surface area contributed by atoms with E-state index in [1.807, 2.05) is 25.1 Å². The van der Waals surface area contributed by atoms with Gasteiger partial charge in [0, 0.05) is 18.2 Å². The van der Waals surface area contributed by atoms with Gasteiger partial charge in [0.2, 0.25) is 0 Å². The summed E-state index contributed by atoms with van der Waals surface area (Å²) in [6.07, 6.45) is 0. The van der Waals surface area contributed by atoms with Crippen molar-refractivity contribution in [2.75, 3.05) is 0 Å². The van der Waals surface area contributed by atoms with Crippen LogP contribution in [0.4, 0.5) is 8.78 Å². The molecule has 0 amide bonds. The van der Waals surface area contributed by atoms with Gasteiger partial charge in [0.05, 0.1) is 5.69 Å². The van der Waals surface area contributed by atoms with Crippen molar-refractivity contribution in [3.8, 4) is 5.75 Å². The van der Waals surface area contributed by atoms with Gasteiger partial charge >= 0.3 is 6.61 Å². The fourth-order valence-electron chi connectivity index (χ4n) is 1.96. The standard InChI is InChI=1S/C15H15BrF2N2O/c1-10(19-9-11-5-4-8-14(16)20-11)12-6-2-3-7-13(12)21-15(17)18/h2-8,10,15,19H,9H2,1H3. The van der Waals surface area contributed by atoms with Gasteiger partial charge in [0.15, 0.2) is 0 Å². The van der Waals surface area contributed by atoms with Crippen LogP contribution in [-0.2, 0) is 6.54 Å². The van der Waals surface area contributed by atoms with E-state index in [1.165, 1.54) is 6.07 Å². The highest BCUT2D eigenvalue weighted by molar-refractivity contribution is 9.10. The Labute approximate surface area is 130 Å². The summed E-state index contributed by atoms with van der Waals surface area (Å²) in [5.74, 6) is 0.190. The second kappa shape index (κ2) is 7.47. The van der Waals surface area contributed by atoms with E-state index in [0.717, 1.165) is 10.3 Å². The molecule has 3 nitrogen and oxygen atoms in total. The number of nitrogens with one attached hydrogen (secondary N) is 1. The molecular formula is C15H15BrF2N2O. The van der Waals surface area contributed by atoms with Crippen molar-refractivity contribution in [1.82, 2.24) is 10.3 Å². The molecule has 21 heavy (non-hydrogen) atoms. The number of aromatic nitrogens is 1. The van der Waals surface area contributed by atoms with Crippen molar-refractivity contribution in [1.29, 1.82) is 0 Å². The molecule has 0 bridgehead atoms. The number of pyridine rings is 1. The number of alkyl halides is 2. The highest BCUT2D eigenvalue weighted by atomic mass is 79.9. The third-order valence-electron chi connectivity index (χ3n) is 2.96. The highest BCUT2D eigenvalue weighted by Gasteiger charge is 2.14. The van der Waals surface area contributed by atoms with Gasteiger partial charge in [-0.3, -0.25) is 0 Å². The number of halogens is 3. The number of benzene rings is 1. The van der Waals surface area contributed by atoms with Gasteiger partial charge in [-0.15, -0.1) is 0 Å². The minimum absolute atomic E-state index is 0.138. The zero-order valence-corrected chi connectivity index (χ0v) is 13.0. The summed E-state index contributed by atoms with van der Waals surface area (Å²) in [5, 5.41) is 3.25. The SMILES string of the molecule is CC(NCc1cccc(Br)n1)c1ccccc1OC(F)F. The van der Waals surface area contributed by atoms with Crippen LogP contribution in [0, 0.1) is 0 Å². The number of hydrogen-bond donors (Lipinski definition) is 1. The summed E-state index contributed by atoms with van der Waals surface area (Å²) in [6.45, 7) is -0.403. The Balaban J connectivity index is 2.04. The summed E-state index contributed by atoms with van der Waals surface area (Å²) >= 11 is 3.31. The fourth-order valence-corrected chi connectivity index (χ4v) is 2.34. The maximum atomic E-state index is 12.4. The van der Waals surface area contributed by atoms with Gasteiger partial charge in [-0.2, -0.15) is 8.78 Å². The Hall–Kier alpha value is -1.53. The molecule has 0 spiro atoms. The molecule has 1 aromatic heterocycles. The summed E-state index contributed by atoms with van der Waals surface area (Å²) in [7, 11) is 0. The second-order valence-corrected chi connectivity index (χ2v) is 5.28. The van der Waals surface area contributed by atoms with Crippen LogP contribution in [0.3, 0.4) is 0 Å². The normalized spacial score (nSPS) is 12.4. The van der Waals surface area contributed by atoms with Crippen LogP contribution < -0.4 is 10.1 Å². The second-order valence-electron chi connectivity index (χ2n) is 4.47. The minimum Gasteiger partial charge on any atom is -0.434 e. The Kier molecular flexibility index (Phi) is 5.64. The molecule has 0 aliphatic rings. The molecule has 2 aromatic rings. The van der Waals surface area contributed by atoms with Crippen LogP contribution in [0.2, 0.25) is 0 Å². The molecule has 6 heteroatoms. The largest absolute Gasteiger partial charge is 0.434 e. The van der Waals surface area contributed by atoms with E-state index in [4.69, 9.17) is 0 Å². The van der Waals surface area contributed by atoms with Crippen LogP contribution >= 0.6 is 15.9 Å². The van der Waals surface area contributed by atoms with Gasteiger partial charge in [0.1, 0.15) is 10.4 Å². The molecule has 0 saturated carbocycles. The lowest BCUT2D eigenvalue weighted by molar-refractivity contribution is -0.0506. The maximum absolute atomic E-state index is 12.4. The van der Waals surface area contributed by atoms with Gasteiger partial charge in [-0.1, -0.05) is 24.3 Å². The first kappa shape index (κ1) is 15.9. The molecule has 1 unspecified atom stereocenters. The molecule has 1 N–H and O–H groups in total. The van der Waals surface area contributed by atoms with Crippen LogP contribution in [0.1, 0.15) is 24.2 Å². The van der Waals surface area contributed by atoms with Crippen LogP contribution in [-0.4, -0.2) is 11.6 Å². The van der Waals surface area contributed by atoms with E-state index >= 15 is 0 Å². The molecule has 1 heterocycles. The predicted octanol–water partition coefficient (Wildman–Crippen LogP) is 4.30. The molecule has 1 atom stereocenters. The van der Waals surface area contributed by atoms with E-state index in [-0.39, 0.29) is 11.8 Å². The minimum atomic E-state index is -2.83. The summed E-state index contributed by atoms with van der Waals surface area (Å²) < 4.78 is 30.1. The van der Waals surface area contributed by atoms with Crippen molar-refractivity contribution in [3.05, 3.63) is 58.3 Å². The Morgan fingerprint density at radius 3 is 2.67 bits per heavy atom. The summed E-state index contributed by atoms with van der Waals surface area (Å²) in [4.78, 5) is 4.31. The molecule has 112 valence electrons. The van der Waals surface area contributed by atoms with Crippen molar-refractivity contribution in [2.45, 2.75) is 26.1 Å². The lowest BCUT2D eigenvalue weighted by Crippen LogP contribution is -2.20. The molecule has 1 aromatic carbocycles. The summed E-state index contributed by atoms with van der Waals surface area (Å²) in [6, 6.07) is 12.3. The fraction of sp³-hybridized carbons (Fsp3) is 0.267. The average Bonchev–Trinajstić information content (AvgIpc) is 2.45. The first-order valence-corrected chi connectivity index (χ1v) is 7.24. The molecule has 2 rings (SSSR count). The quantitative estimate of drug-likeness (QED) is 0.783. The van der Waals surface area contributed by atoms with Gasteiger partial charge in [-0.25, -0.2) is 4.98 Å². The Morgan fingerprint density at radius 2 is 1.95 bits per heavy atom. The number of ether oxygens (including phenoxy) is 1. The van der Waals surface area contributed by atoms with Crippen LogP contribution in [0.25, 0.3) is 0 Å². The number of para-hydroxylation sites is 1. The molecule has 0 radical (unpaired) electrons. The van der Waals surface area contributed by atoms with Crippen LogP contribution in [0.15, 0.2) is 47.1 Å². The third kappa shape index (κ3) is 4.75. The topological polar surface area (TPSA) is 34.2 Å². The molecule has 0 aliphatic carbocycles. The van der Waals surface area contributed by atoms with E-state index in [9.17, 15) is 8.78 Å². The monoisotopic (exact) mass is 356 g/mol. The average molecular weight is 357 g/mol. The highest BCUT2D eigenvalue weighted by Crippen LogP contribution is 2.26. The van der Waals surface area contributed by atoms with Crippen LogP contribution in [0.5, 0.6) is 5.75 Å². The van der Waals surface area contributed by atoms with Crippen molar-refractivity contribution >= 4 is 15.9 Å². The van der Waals surface area contributed by atoms with Crippen molar-refractivity contribution in [2.24, 2.45) is 0 Å². The molecule has 0 fully saturated rings. The Bertz CT molecular complexity index is 595. The summed E-state index contributed by atoms with van der Waals surface area (Å²) in [5.41, 5.74) is 1.55. The molecule has 0 aliphatic heterocycles. The van der Waals surface area contributed by atoms with E-state index < -0.39 is 6.61 Å². The smallest absolute Gasteiger partial charge is 0.387 e. The predicted molar refractivity (Wildman–Crippen MR) is 80.3 cm³/mol. The van der Waals surface area contributed by atoms with Gasteiger partial charge in [0.25, 0.3) is 0 Å². The first-order chi connectivity index (χ1) is 10.1. The first-order valence-electron chi connectivity index (χ1n) is 6.45.